The number of carbonyl (C=O) groups excluding carboxylic acids is 1. The zero-order valence-electron chi connectivity index (χ0n) is 12.7. The van der Waals surface area contributed by atoms with Crippen molar-refractivity contribution < 1.29 is 9.53 Å². The highest BCUT2D eigenvalue weighted by molar-refractivity contribution is 5.94. The highest BCUT2D eigenvalue weighted by Gasteiger charge is 2.10. The number of nitrogens with one attached hydrogen (secondary N) is 1. The van der Waals surface area contributed by atoms with E-state index < -0.39 is 0 Å². The molecule has 1 amide bonds. The van der Waals surface area contributed by atoms with E-state index in [2.05, 4.69) is 5.32 Å². The van der Waals surface area contributed by atoms with Crippen molar-refractivity contribution in [2.24, 2.45) is 0 Å². The number of amides is 1. The molecule has 1 atom stereocenters. The predicted molar refractivity (Wildman–Crippen MR) is 84.8 cm³/mol. The third kappa shape index (κ3) is 4.10. The van der Waals surface area contributed by atoms with Crippen molar-refractivity contribution in [2.45, 2.75) is 19.4 Å². The number of nitrogens with zero attached hydrogens (tertiary/aromatic N) is 1. The van der Waals surface area contributed by atoms with Crippen molar-refractivity contribution in [3.8, 4) is 11.8 Å². The van der Waals surface area contributed by atoms with Crippen LogP contribution in [0.15, 0.2) is 48.5 Å². The Labute approximate surface area is 130 Å². The molecule has 0 aromatic heterocycles. The van der Waals surface area contributed by atoms with Gasteiger partial charge in [-0.2, -0.15) is 5.26 Å². The largest absolute Gasteiger partial charge is 0.497 e. The molecule has 2 aromatic carbocycles. The number of methoxy groups -OCH3 is 1. The van der Waals surface area contributed by atoms with Crippen LogP contribution in [0, 0.1) is 11.3 Å². The lowest BCUT2D eigenvalue weighted by Gasteiger charge is -2.14. The Kier molecular flexibility index (Phi) is 5.16. The smallest absolute Gasteiger partial charge is 0.251 e. The van der Waals surface area contributed by atoms with Crippen LogP contribution in [0.4, 0.5) is 0 Å². The van der Waals surface area contributed by atoms with Crippen molar-refractivity contribution in [1.29, 1.82) is 5.26 Å². The van der Waals surface area contributed by atoms with Crippen LogP contribution >= 0.6 is 0 Å². The number of rotatable bonds is 5. The summed E-state index contributed by atoms with van der Waals surface area (Å²) >= 11 is 0. The first-order chi connectivity index (χ1) is 10.6. The quantitative estimate of drug-likeness (QED) is 0.922. The minimum atomic E-state index is -0.139. The summed E-state index contributed by atoms with van der Waals surface area (Å²) in [6.07, 6.45) is 0.721. The molecule has 0 saturated carbocycles. The molecule has 2 rings (SSSR count). The number of hydrogen-bond donors (Lipinski definition) is 1. The van der Waals surface area contributed by atoms with Gasteiger partial charge in [0.1, 0.15) is 5.75 Å². The minimum absolute atomic E-state index is 0.00440. The number of carbonyl (C=O) groups is 1. The number of ether oxygens (including phenoxy) is 1. The van der Waals surface area contributed by atoms with Crippen LogP contribution in [0.2, 0.25) is 0 Å². The van der Waals surface area contributed by atoms with Gasteiger partial charge in [-0.05, 0) is 55.3 Å². The molecule has 2 aromatic rings. The normalized spacial score (nSPS) is 11.3. The van der Waals surface area contributed by atoms with E-state index in [1.54, 1.807) is 31.4 Å². The summed E-state index contributed by atoms with van der Waals surface area (Å²) in [6, 6.07) is 16.4. The Morgan fingerprint density at radius 1 is 1.27 bits per heavy atom. The maximum absolute atomic E-state index is 12.1. The van der Waals surface area contributed by atoms with Crippen molar-refractivity contribution >= 4 is 5.91 Å². The second kappa shape index (κ2) is 7.28. The van der Waals surface area contributed by atoms with Crippen LogP contribution in [0.1, 0.15) is 28.4 Å². The van der Waals surface area contributed by atoms with E-state index in [4.69, 9.17) is 10.00 Å². The van der Waals surface area contributed by atoms with Gasteiger partial charge in [0.25, 0.3) is 5.91 Å². The van der Waals surface area contributed by atoms with Gasteiger partial charge in [0.15, 0.2) is 0 Å². The van der Waals surface area contributed by atoms with Gasteiger partial charge in [-0.3, -0.25) is 4.79 Å². The van der Waals surface area contributed by atoms with E-state index in [0.717, 1.165) is 17.7 Å². The molecule has 0 bridgehead atoms. The van der Waals surface area contributed by atoms with Crippen LogP contribution in [0.25, 0.3) is 0 Å². The van der Waals surface area contributed by atoms with Crippen LogP contribution in [0.3, 0.4) is 0 Å². The SMILES string of the molecule is COc1cccc(C[C@H](C)NC(=O)c2ccc(C#N)cc2)c1. The molecule has 0 aliphatic rings. The van der Waals surface area contributed by atoms with Gasteiger partial charge in [-0.25, -0.2) is 0 Å². The topological polar surface area (TPSA) is 62.1 Å². The monoisotopic (exact) mass is 294 g/mol. The van der Waals surface area contributed by atoms with E-state index in [-0.39, 0.29) is 11.9 Å². The second-order valence-corrected chi connectivity index (χ2v) is 5.12. The molecule has 112 valence electrons. The summed E-state index contributed by atoms with van der Waals surface area (Å²) < 4.78 is 5.19. The predicted octanol–water partition coefficient (Wildman–Crippen LogP) is 2.93. The average molecular weight is 294 g/mol. The maximum atomic E-state index is 12.1. The lowest BCUT2D eigenvalue weighted by atomic mass is 10.1. The molecular weight excluding hydrogens is 276 g/mol. The summed E-state index contributed by atoms with van der Waals surface area (Å²) in [5, 5.41) is 11.7. The van der Waals surface area contributed by atoms with Crippen LogP contribution < -0.4 is 10.1 Å². The lowest BCUT2D eigenvalue weighted by Crippen LogP contribution is -2.34. The van der Waals surface area contributed by atoms with Crippen LogP contribution in [0.5, 0.6) is 5.75 Å². The summed E-state index contributed by atoms with van der Waals surface area (Å²) in [7, 11) is 1.63. The molecule has 0 unspecified atom stereocenters. The molecule has 0 aliphatic carbocycles. The third-order valence-electron chi connectivity index (χ3n) is 3.33. The van der Waals surface area contributed by atoms with Crippen LogP contribution in [-0.4, -0.2) is 19.1 Å². The number of hydrogen-bond acceptors (Lipinski definition) is 3. The first-order valence-electron chi connectivity index (χ1n) is 7.06. The standard InChI is InChI=1S/C18H18N2O2/c1-13(10-15-4-3-5-17(11-15)22-2)20-18(21)16-8-6-14(12-19)7-9-16/h3-9,11,13H,10H2,1-2H3,(H,20,21)/t13-/m0/s1. The summed E-state index contributed by atoms with van der Waals surface area (Å²) in [5.74, 6) is 0.669. The van der Waals surface area contributed by atoms with Gasteiger partial charge in [0.05, 0.1) is 18.7 Å². The molecular formula is C18H18N2O2. The Balaban J connectivity index is 1.97. The number of benzene rings is 2. The van der Waals surface area contributed by atoms with E-state index in [1.807, 2.05) is 37.3 Å². The fraction of sp³-hybridized carbons (Fsp3) is 0.222. The van der Waals surface area contributed by atoms with Crippen molar-refractivity contribution in [3.05, 3.63) is 65.2 Å². The zero-order valence-corrected chi connectivity index (χ0v) is 12.7. The summed E-state index contributed by atoms with van der Waals surface area (Å²) in [4.78, 5) is 12.1. The second-order valence-electron chi connectivity index (χ2n) is 5.12. The van der Waals surface area contributed by atoms with Gasteiger partial charge in [0, 0.05) is 11.6 Å². The fourth-order valence-electron chi connectivity index (χ4n) is 2.21. The van der Waals surface area contributed by atoms with E-state index in [9.17, 15) is 4.79 Å². The molecule has 4 nitrogen and oxygen atoms in total. The van der Waals surface area contributed by atoms with Crippen molar-refractivity contribution in [3.63, 3.8) is 0 Å². The Bertz CT molecular complexity index is 687. The highest BCUT2D eigenvalue weighted by atomic mass is 16.5. The third-order valence-corrected chi connectivity index (χ3v) is 3.33. The average Bonchev–Trinajstić information content (AvgIpc) is 2.55. The molecule has 0 fully saturated rings. The molecule has 0 saturated heterocycles. The van der Waals surface area contributed by atoms with Crippen molar-refractivity contribution in [1.82, 2.24) is 5.32 Å². The summed E-state index contributed by atoms with van der Waals surface area (Å²) in [6.45, 7) is 1.96. The van der Waals surface area contributed by atoms with Crippen molar-refractivity contribution in [2.75, 3.05) is 7.11 Å². The first kappa shape index (κ1) is 15.6. The molecule has 0 aliphatic heterocycles. The highest BCUT2D eigenvalue weighted by Crippen LogP contribution is 2.14. The van der Waals surface area contributed by atoms with Gasteiger partial charge in [-0.15, -0.1) is 0 Å². The minimum Gasteiger partial charge on any atom is -0.497 e. The molecule has 1 N–H and O–H groups in total. The molecule has 0 spiro atoms. The molecule has 0 heterocycles. The first-order valence-corrected chi connectivity index (χ1v) is 7.06. The van der Waals surface area contributed by atoms with Gasteiger partial charge in [-0.1, -0.05) is 12.1 Å². The molecule has 4 heteroatoms. The van der Waals surface area contributed by atoms with Gasteiger partial charge >= 0.3 is 0 Å². The molecule has 22 heavy (non-hydrogen) atoms. The zero-order chi connectivity index (χ0) is 15.9. The summed E-state index contributed by atoms with van der Waals surface area (Å²) in [5.41, 5.74) is 2.20. The molecule has 0 radical (unpaired) electrons. The Hall–Kier alpha value is -2.80. The van der Waals surface area contributed by atoms with Crippen LogP contribution in [-0.2, 0) is 6.42 Å². The van der Waals surface area contributed by atoms with E-state index in [1.165, 1.54) is 0 Å². The number of nitriles is 1. The van der Waals surface area contributed by atoms with Gasteiger partial charge in [0.2, 0.25) is 0 Å². The van der Waals surface area contributed by atoms with Gasteiger partial charge < -0.3 is 10.1 Å². The fourth-order valence-corrected chi connectivity index (χ4v) is 2.21. The Morgan fingerprint density at radius 2 is 2.00 bits per heavy atom. The lowest BCUT2D eigenvalue weighted by molar-refractivity contribution is 0.0940. The van der Waals surface area contributed by atoms with E-state index in [0.29, 0.717) is 11.1 Å². The maximum Gasteiger partial charge on any atom is 0.251 e. The van der Waals surface area contributed by atoms with E-state index >= 15 is 0 Å². The Morgan fingerprint density at radius 3 is 2.64 bits per heavy atom.